The van der Waals surface area contributed by atoms with Crippen LogP contribution in [-0.4, -0.2) is 25.7 Å². The lowest BCUT2D eigenvalue weighted by atomic mass is 9.82. The quantitative estimate of drug-likeness (QED) is 0.885. The minimum absolute atomic E-state index is 0.0793. The first-order valence-corrected chi connectivity index (χ1v) is 6.72. The first-order chi connectivity index (χ1) is 8.90. The number of hydrogen-bond donors (Lipinski definition) is 2. The van der Waals surface area contributed by atoms with Crippen LogP contribution in [0.1, 0.15) is 30.7 Å². The fraction of sp³-hybridized carbons (Fsp3) is 0.500. The average Bonchev–Trinajstić information content (AvgIpc) is 2.66. The van der Waals surface area contributed by atoms with Crippen LogP contribution in [0.4, 0.5) is 0 Å². The number of fused-ring (bicyclic) bond motifs is 1. The molecule has 3 heteroatoms. The summed E-state index contributed by atoms with van der Waals surface area (Å²) >= 11 is 0. The summed E-state index contributed by atoms with van der Waals surface area (Å²) in [6, 6.07) is 4.21. The van der Waals surface area contributed by atoms with Gasteiger partial charge >= 0.3 is 0 Å². The lowest BCUT2D eigenvalue weighted by molar-refractivity contribution is 0.415. The molecule has 3 nitrogen and oxygen atoms in total. The van der Waals surface area contributed by atoms with Crippen LogP contribution in [0, 0.1) is 13.8 Å². The van der Waals surface area contributed by atoms with Crippen LogP contribution in [0.5, 0.6) is 5.75 Å². The molecule has 2 rings (SSSR count). The van der Waals surface area contributed by atoms with E-state index in [-0.39, 0.29) is 5.41 Å². The highest BCUT2D eigenvalue weighted by Crippen LogP contribution is 2.36. The van der Waals surface area contributed by atoms with Crippen LogP contribution >= 0.6 is 0 Å². The molecule has 0 aliphatic rings. The lowest BCUT2D eigenvalue weighted by Gasteiger charge is -2.25. The molecule has 1 aromatic heterocycles. The maximum absolute atomic E-state index is 5.41. The van der Waals surface area contributed by atoms with Gasteiger partial charge in [-0.1, -0.05) is 13.8 Å². The molecule has 104 valence electrons. The number of aromatic nitrogens is 1. The van der Waals surface area contributed by atoms with Gasteiger partial charge in [0.2, 0.25) is 0 Å². The fourth-order valence-electron chi connectivity index (χ4n) is 3.09. The third-order valence-electron chi connectivity index (χ3n) is 3.80. The summed E-state index contributed by atoms with van der Waals surface area (Å²) in [5.41, 5.74) is 5.14. The predicted octanol–water partition coefficient (Wildman–Crippen LogP) is 3.29. The summed E-state index contributed by atoms with van der Waals surface area (Å²) in [4.78, 5) is 3.53. The molecule has 1 heterocycles. The zero-order valence-electron chi connectivity index (χ0n) is 12.8. The number of methoxy groups -OCH3 is 1. The second-order valence-corrected chi connectivity index (χ2v) is 5.91. The topological polar surface area (TPSA) is 37.0 Å². The normalized spacial score (nSPS) is 12.1. The summed E-state index contributed by atoms with van der Waals surface area (Å²) in [5, 5.41) is 4.56. The zero-order chi connectivity index (χ0) is 14.2. The molecule has 0 spiro atoms. The van der Waals surface area contributed by atoms with Gasteiger partial charge in [-0.05, 0) is 44.2 Å². The van der Waals surface area contributed by atoms with Gasteiger partial charge in [0.05, 0.1) is 7.11 Å². The van der Waals surface area contributed by atoms with E-state index < -0.39 is 0 Å². The second-order valence-electron chi connectivity index (χ2n) is 5.91. The molecular weight excluding hydrogens is 236 g/mol. The first-order valence-electron chi connectivity index (χ1n) is 6.72. The van der Waals surface area contributed by atoms with Crippen LogP contribution in [-0.2, 0) is 5.41 Å². The third-order valence-corrected chi connectivity index (χ3v) is 3.80. The Morgan fingerprint density at radius 2 is 1.95 bits per heavy atom. The van der Waals surface area contributed by atoms with Crippen LogP contribution in [0.2, 0.25) is 0 Å². The van der Waals surface area contributed by atoms with Crippen molar-refractivity contribution in [1.82, 2.24) is 10.3 Å². The van der Waals surface area contributed by atoms with Gasteiger partial charge in [-0.3, -0.25) is 0 Å². The molecule has 19 heavy (non-hydrogen) atoms. The van der Waals surface area contributed by atoms with Gasteiger partial charge in [0, 0.05) is 28.6 Å². The molecule has 0 amide bonds. The van der Waals surface area contributed by atoms with Gasteiger partial charge in [0.25, 0.3) is 0 Å². The minimum atomic E-state index is 0.0793. The largest absolute Gasteiger partial charge is 0.497 e. The second kappa shape index (κ2) is 4.89. The minimum Gasteiger partial charge on any atom is -0.497 e. The van der Waals surface area contributed by atoms with Gasteiger partial charge in [-0.2, -0.15) is 0 Å². The highest BCUT2D eigenvalue weighted by atomic mass is 16.5. The maximum Gasteiger partial charge on any atom is 0.119 e. The number of rotatable bonds is 4. The summed E-state index contributed by atoms with van der Waals surface area (Å²) in [6.45, 7) is 9.76. The molecular formula is C16H24N2O. The smallest absolute Gasteiger partial charge is 0.119 e. The van der Waals surface area contributed by atoms with E-state index in [1.807, 2.05) is 7.05 Å². The molecule has 0 aliphatic carbocycles. The van der Waals surface area contributed by atoms with Crippen LogP contribution < -0.4 is 10.1 Å². The van der Waals surface area contributed by atoms with E-state index in [2.05, 4.69) is 50.1 Å². The molecule has 0 unspecified atom stereocenters. The van der Waals surface area contributed by atoms with E-state index in [0.29, 0.717) is 0 Å². The van der Waals surface area contributed by atoms with Crippen molar-refractivity contribution in [3.05, 3.63) is 29.0 Å². The van der Waals surface area contributed by atoms with Crippen molar-refractivity contribution >= 4 is 10.9 Å². The number of nitrogens with one attached hydrogen (secondary N) is 2. The Bertz CT molecular complexity index is 596. The Kier molecular flexibility index (Phi) is 3.59. The molecule has 0 bridgehead atoms. The Balaban J connectivity index is 2.73. The molecule has 0 aliphatic heterocycles. The third kappa shape index (κ3) is 2.35. The van der Waals surface area contributed by atoms with Gasteiger partial charge in [0.15, 0.2) is 0 Å². The number of H-pyrrole nitrogens is 1. The Morgan fingerprint density at radius 1 is 1.26 bits per heavy atom. The highest BCUT2D eigenvalue weighted by molar-refractivity contribution is 5.89. The van der Waals surface area contributed by atoms with Crippen molar-refractivity contribution < 1.29 is 4.74 Å². The van der Waals surface area contributed by atoms with Crippen molar-refractivity contribution in [2.45, 2.75) is 33.1 Å². The van der Waals surface area contributed by atoms with Gasteiger partial charge in [0.1, 0.15) is 5.75 Å². The molecule has 0 saturated heterocycles. The van der Waals surface area contributed by atoms with Crippen molar-refractivity contribution in [3.8, 4) is 5.75 Å². The van der Waals surface area contributed by atoms with Crippen molar-refractivity contribution in [2.24, 2.45) is 0 Å². The maximum atomic E-state index is 5.41. The van der Waals surface area contributed by atoms with Crippen molar-refractivity contribution in [2.75, 3.05) is 20.7 Å². The highest BCUT2D eigenvalue weighted by Gasteiger charge is 2.26. The van der Waals surface area contributed by atoms with Crippen LogP contribution in [0.25, 0.3) is 10.9 Å². The van der Waals surface area contributed by atoms with E-state index in [9.17, 15) is 0 Å². The molecule has 1 aromatic carbocycles. The Morgan fingerprint density at radius 3 is 2.53 bits per heavy atom. The zero-order valence-corrected chi connectivity index (χ0v) is 12.8. The van der Waals surface area contributed by atoms with E-state index in [1.54, 1.807) is 7.11 Å². The average molecular weight is 260 g/mol. The predicted molar refractivity (Wildman–Crippen MR) is 81.3 cm³/mol. The lowest BCUT2D eigenvalue weighted by Crippen LogP contribution is -2.31. The van der Waals surface area contributed by atoms with E-state index in [1.165, 1.54) is 27.7 Å². The Hall–Kier alpha value is -1.48. The van der Waals surface area contributed by atoms with E-state index in [0.717, 1.165) is 12.3 Å². The molecule has 0 saturated carbocycles. The monoisotopic (exact) mass is 260 g/mol. The Labute approximate surface area is 115 Å². The summed E-state index contributed by atoms with van der Waals surface area (Å²) < 4.78 is 5.41. The van der Waals surface area contributed by atoms with Crippen LogP contribution in [0.15, 0.2) is 12.1 Å². The van der Waals surface area contributed by atoms with Crippen molar-refractivity contribution in [3.63, 3.8) is 0 Å². The van der Waals surface area contributed by atoms with Crippen molar-refractivity contribution in [1.29, 1.82) is 0 Å². The number of likely N-dealkylation sites (N-methyl/N-ethyl adjacent to an activating group) is 1. The number of aryl methyl sites for hydroxylation is 2. The molecule has 0 atom stereocenters. The standard InChI is InChI=1S/C16H24N2O/c1-10-7-12(19-6)8-13-14(11(2)18-15(10)13)16(3,4)9-17-5/h7-8,17-18H,9H2,1-6H3. The van der Waals surface area contributed by atoms with E-state index >= 15 is 0 Å². The summed E-state index contributed by atoms with van der Waals surface area (Å²) in [7, 11) is 3.72. The number of benzene rings is 1. The molecule has 0 radical (unpaired) electrons. The number of ether oxygens (including phenoxy) is 1. The van der Waals surface area contributed by atoms with Gasteiger partial charge < -0.3 is 15.0 Å². The molecule has 2 N–H and O–H groups in total. The number of aromatic amines is 1. The summed E-state index contributed by atoms with van der Waals surface area (Å²) in [5.74, 6) is 0.922. The fourth-order valence-corrected chi connectivity index (χ4v) is 3.09. The van der Waals surface area contributed by atoms with E-state index in [4.69, 9.17) is 4.74 Å². The molecule has 0 fully saturated rings. The number of hydrogen-bond acceptors (Lipinski definition) is 2. The first kappa shape index (κ1) is 13.9. The summed E-state index contributed by atoms with van der Waals surface area (Å²) in [6.07, 6.45) is 0. The SMILES string of the molecule is CNCC(C)(C)c1c(C)[nH]c2c(C)cc(OC)cc12. The molecule has 2 aromatic rings. The van der Waals surface area contributed by atoms with Crippen LogP contribution in [0.3, 0.4) is 0 Å². The van der Waals surface area contributed by atoms with Gasteiger partial charge in [-0.15, -0.1) is 0 Å². The van der Waals surface area contributed by atoms with Gasteiger partial charge in [-0.25, -0.2) is 0 Å².